The molecule has 1 fully saturated rings. The van der Waals surface area contributed by atoms with Crippen molar-refractivity contribution in [3.63, 3.8) is 0 Å². The summed E-state index contributed by atoms with van der Waals surface area (Å²) in [6.45, 7) is -1.76. The molecule has 0 amide bonds. The van der Waals surface area contributed by atoms with E-state index in [4.69, 9.17) is 24.8 Å². The van der Waals surface area contributed by atoms with Crippen molar-refractivity contribution in [3.05, 3.63) is 0 Å². The second-order valence-electron chi connectivity index (χ2n) is 5.32. The van der Waals surface area contributed by atoms with Crippen LogP contribution in [0.5, 0.6) is 0 Å². The number of ether oxygens (including phenoxy) is 2. The molecule has 0 aliphatic carbocycles. The maximum Gasteiger partial charge on any atom is 2.00 e. The van der Waals surface area contributed by atoms with Gasteiger partial charge in [0, 0.05) is 0 Å². The molecule has 0 aromatic carbocycles. The van der Waals surface area contributed by atoms with E-state index in [1.165, 1.54) is 0 Å². The Morgan fingerprint density at radius 2 is 1.64 bits per heavy atom. The van der Waals surface area contributed by atoms with Gasteiger partial charge in [-0.1, -0.05) is 0 Å². The van der Waals surface area contributed by atoms with Gasteiger partial charge in [0.05, 0.1) is 13.2 Å². The monoisotopic (exact) mass is 400 g/mol. The van der Waals surface area contributed by atoms with Crippen molar-refractivity contribution in [2.24, 2.45) is 0 Å². The first kappa shape index (κ1) is 25.3. The third kappa shape index (κ3) is 6.17. The van der Waals surface area contributed by atoms with Gasteiger partial charge in [-0.15, -0.1) is 0 Å². The SMILES string of the molecule is O=C(O)[C@H](O)[C@@H](O)[C@H](O[C@@H]1O[C@H](CO)[C@H](O)[C@H](O)[C@H]1O)[C@H](O)CO.[Ca+2].[H-].[H-]. The summed E-state index contributed by atoms with van der Waals surface area (Å²) in [5.74, 6) is -1.84. The Morgan fingerprint density at radius 1 is 1.08 bits per heavy atom. The van der Waals surface area contributed by atoms with Crippen LogP contribution in [0.1, 0.15) is 2.85 Å². The van der Waals surface area contributed by atoms with E-state index < -0.39 is 74.3 Å². The summed E-state index contributed by atoms with van der Waals surface area (Å²) in [7, 11) is 0. The van der Waals surface area contributed by atoms with E-state index in [0.29, 0.717) is 0 Å². The van der Waals surface area contributed by atoms with Gasteiger partial charge in [-0.3, -0.25) is 0 Å². The fourth-order valence-corrected chi connectivity index (χ4v) is 2.16. The summed E-state index contributed by atoms with van der Waals surface area (Å²) in [6, 6.07) is 0. The molecule has 1 heterocycles. The molecule has 0 unspecified atom stereocenters. The fourth-order valence-electron chi connectivity index (χ4n) is 2.16. The Bertz CT molecular complexity index is 420. The molecule has 0 aromatic heterocycles. The Kier molecular flexibility index (Phi) is 11.4. The van der Waals surface area contributed by atoms with Crippen LogP contribution in [0.25, 0.3) is 0 Å². The van der Waals surface area contributed by atoms with Crippen LogP contribution in [0.2, 0.25) is 0 Å². The maximum atomic E-state index is 10.7. The summed E-state index contributed by atoms with van der Waals surface area (Å²) in [5.41, 5.74) is 0. The molecule has 12 nitrogen and oxygen atoms in total. The second-order valence-corrected chi connectivity index (χ2v) is 5.32. The average molecular weight is 400 g/mol. The Labute approximate surface area is 174 Å². The van der Waals surface area contributed by atoms with Crippen molar-refractivity contribution < 1.29 is 63.1 Å². The third-order valence-electron chi connectivity index (χ3n) is 3.62. The molecule has 0 spiro atoms. The number of aliphatic carboxylic acids is 1. The van der Waals surface area contributed by atoms with Crippen molar-refractivity contribution in [1.82, 2.24) is 0 Å². The van der Waals surface area contributed by atoms with Crippen LogP contribution in [-0.4, -0.2) is 158 Å². The summed E-state index contributed by atoms with van der Waals surface area (Å²) >= 11 is 0. The van der Waals surface area contributed by atoms with Crippen molar-refractivity contribution in [3.8, 4) is 0 Å². The molecule has 9 atom stereocenters. The number of aliphatic hydroxyl groups excluding tert-OH is 8. The Hall–Kier alpha value is 0.330. The van der Waals surface area contributed by atoms with E-state index >= 15 is 0 Å². The normalized spacial score (nSPS) is 34.5. The van der Waals surface area contributed by atoms with E-state index in [0.717, 1.165) is 0 Å². The Balaban J connectivity index is -0.00000192. The zero-order valence-electron chi connectivity index (χ0n) is 15.1. The van der Waals surface area contributed by atoms with Crippen molar-refractivity contribution in [1.29, 1.82) is 0 Å². The number of carboxylic acids is 1. The predicted molar refractivity (Wildman–Crippen MR) is 79.4 cm³/mol. The van der Waals surface area contributed by atoms with Gasteiger partial charge in [-0.2, -0.15) is 0 Å². The molecule has 0 bridgehead atoms. The smallest absolute Gasteiger partial charge is 1.00 e. The number of rotatable bonds is 8. The molecule has 146 valence electrons. The van der Waals surface area contributed by atoms with E-state index in [-0.39, 0.29) is 40.6 Å². The van der Waals surface area contributed by atoms with E-state index in [9.17, 15) is 35.4 Å². The number of hydrogen-bond acceptors (Lipinski definition) is 11. The van der Waals surface area contributed by atoms with Gasteiger partial charge in [0.2, 0.25) is 0 Å². The minimum Gasteiger partial charge on any atom is -1.00 e. The molecule has 1 aliphatic rings. The number of carboxylic acid groups (broad SMARTS) is 1. The van der Waals surface area contributed by atoms with Crippen LogP contribution in [0.15, 0.2) is 0 Å². The van der Waals surface area contributed by atoms with Gasteiger partial charge >= 0.3 is 43.7 Å². The summed E-state index contributed by atoms with van der Waals surface area (Å²) in [6.07, 6.45) is -16.9. The molecular weight excluding hydrogens is 376 g/mol. The minimum absolute atomic E-state index is 0. The fraction of sp³-hybridized carbons (Fsp3) is 0.917. The van der Waals surface area contributed by atoms with Gasteiger partial charge in [0.15, 0.2) is 12.4 Å². The third-order valence-corrected chi connectivity index (χ3v) is 3.62. The zero-order chi connectivity index (χ0) is 18.6. The molecule has 9 N–H and O–H groups in total. The van der Waals surface area contributed by atoms with Gasteiger partial charge in [0.25, 0.3) is 0 Å². The topological polar surface area (TPSA) is 218 Å². The second kappa shape index (κ2) is 11.2. The largest absolute Gasteiger partial charge is 2.00 e. The van der Waals surface area contributed by atoms with Crippen molar-refractivity contribution in [2.45, 2.75) is 55.1 Å². The summed E-state index contributed by atoms with van der Waals surface area (Å²) in [5, 5.41) is 84.5. The molecule has 0 aromatic rings. The molecular formula is C12H24CaO12. The number of carbonyl (C=O) groups is 1. The number of hydrogen-bond donors (Lipinski definition) is 9. The zero-order valence-corrected chi connectivity index (χ0v) is 15.3. The van der Waals surface area contributed by atoms with Crippen LogP contribution < -0.4 is 0 Å². The standard InChI is InChI=1S/C12H22O12.Ca.2H/c13-1-3(15)10(7(18)8(19)11(21)22)24-12-9(20)6(17)5(16)4(2-14)23-12;;;/h3-10,12-20H,1-2H2,(H,21,22);;;/q;+2;2*-1/t3-,4-,5+,6+,7-,8-,9-,10-,12+;;;/m1.../s1. The first-order valence-corrected chi connectivity index (χ1v) is 6.99. The summed E-state index contributed by atoms with van der Waals surface area (Å²) in [4.78, 5) is 10.7. The molecule has 25 heavy (non-hydrogen) atoms. The van der Waals surface area contributed by atoms with Crippen LogP contribution in [0.3, 0.4) is 0 Å². The van der Waals surface area contributed by atoms with Crippen LogP contribution in [0.4, 0.5) is 0 Å². The van der Waals surface area contributed by atoms with E-state index in [2.05, 4.69) is 0 Å². The van der Waals surface area contributed by atoms with E-state index in [1.807, 2.05) is 0 Å². The van der Waals surface area contributed by atoms with Crippen LogP contribution >= 0.6 is 0 Å². The average Bonchev–Trinajstić information content (AvgIpc) is 2.57. The van der Waals surface area contributed by atoms with Crippen LogP contribution in [-0.2, 0) is 14.3 Å². The van der Waals surface area contributed by atoms with Crippen molar-refractivity contribution in [2.75, 3.05) is 13.2 Å². The molecule has 1 rings (SSSR count). The van der Waals surface area contributed by atoms with Gasteiger partial charge in [-0.25, -0.2) is 4.79 Å². The molecule has 1 saturated heterocycles. The van der Waals surface area contributed by atoms with Gasteiger partial charge in [0.1, 0.15) is 42.7 Å². The number of aliphatic hydroxyl groups is 8. The van der Waals surface area contributed by atoms with Crippen LogP contribution in [0, 0.1) is 0 Å². The van der Waals surface area contributed by atoms with Gasteiger partial charge < -0.3 is 58.3 Å². The quantitative estimate of drug-likeness (QED) is 0.174. The first-order valence-electron chi connectivity index (χ1n) is 6.99. The Morgan fingerprint density at radius 3 is 2.08 bits per heavy atom. The molecule has 1 aliphatic heterocycles. The molecule has 13 heteroatoms. The van der Waals surface area contributed by atoms with Gasteiger partial charge in [-0.05, 0) is 0 Å². The molecule has 0 radical (unpaired) electrons. The minimum atomic E-state index is -2.39. The predicted octanol–water partition coefficient (Wildman–Crippen LogP) is -5.82. The van der Waals surface area contributed by atoms with Crippen molar-refractivity contribution >= 4 is 43.7 Å². The first-order chi connectivity index (χ1) is 11.1. The van der Waals surface area contributed by atoms with E-state index in [1.54, 1.807) is 0 Å². The molecule has 0 saturated carbocycles. The summed E-state index contributed by atoms with van der Waals surface area (Å²) < 4.78 is 9.98. The maximum absolute atomic E-state index is 10.7.